The predicted molar refractivity (Wildman–Crippen MR) is 55.7 cm³/mol. The van der Waals surface area contributed by atoms with Crippen LogP contribution in [0.25, 0.3) is 0 Å². The lowest BCUT2D eigenvalue weighted by atomic mass is 9.91. The van der Waals surface area contributed by atoms with Gasteiger partial charge in [0.1, 0.15) is 0 Å². The highest BCUT2D eigenvalue weighted by Gasteiger charge is 2.20. The summed E-state index contributed by atoms with van der Waals surface area (Å²) in [5.41, 5.74) is 0.371. The van der Waals surface area contributed by atoms with Gasteiger partial charge in [0.05, 0.1) is 6.10 Å². The molecule has 1 aliphatic rings. The number of aliphatic hydroxyl groups is 1. The summed E-state index contributed by atoms with van der Waals surface area (Å²) in [6.07, 6.45) is 4.19. The van der Waals surface area contributed by atoms with Crippen LogP contribution < -0.4 is 5.32 Å². The Bertz CT molecular complexity index is 143. The molecule has 0 atom stereocenters. The molecule has 13 heavy (non-hydrogen) atoms. The Morgan fingerprint density at radius 3 is 2.15 bits per heavy atom. The zero-order chi connectivity index (χ0) is 9.90. The summed E-state index contributed by atoms with van der Waals surface area (Å²) < 4.78 is 0. The number of aliphatic hydroxyl groups excluding tert-OH is 1. The zero-order valence-electron chi connectivity index (χ0n) is 9.14. The summed E-state index contributed by atoms with van der Waals surface area (Å²) in [6.45, 7) is 7.82. The third kappa shape index (κ3) is 4.63. The van der Waals surface area contributed by atoms with Gasteiger partial charge >= 0.3 is 0 Å². The van der Waals surface area contributed by atoms with Crippen molar-refractivity contribution in [2.24, 2.45) is 5.41 Å². The number of hydrogen-bond acceptors (Lipinski definition) is 2. The molecule has 0 aliphatic heterocycles. The Morgan fingerprint density at radius 1 is 1.15 bits per heavy atom. The summed E-state index contributed by atoms with van der Waals surface area (Å²) in [7, 11) is 0. The van der Waals surface area contributed by atoms with Gasteiger partial charge in [0.15, 0.2) is 0 Å². The van der Waals surface area contributed by atoms with E-state index < -0.39 is 0 Å². The first kappa shape index (κ1) is 11.0. The van der Waals surface area contributed by atoms with Crippen LogP contribution in [0.2, 0.25) is 0 Å². The van der Waals surface area contributed by atoms with Gasteiger partial charge in [-0.15, -0.1) is 0 Å². The maximum atomic E-state index is 9.33. The topological polar surface area (TPSA) is 32.3 Å². The maximum absolute atomic E-state index is 9.33. The van der Waals surface area contributed by atoms with E-state index in [1.165, 1.54) is 0 Å². The molecule has 0 amide bonds. The molecule has 0 spiro atoms. The molecule has 0 heterocycles. The van der Waals surface area contributed by atoms with E-state index >= 15 is 0 Å². The van der Waals surface area contributed by atoms with Crippen molar-refractivity contribution in [1.82, 2.24) is 5.32 Å². The molecule has 2 nitrogen and oxygen atoms in total. The smallest absolute Gasteiger partial charge is 0.0541 e. The summed E-state index contributed by atoms with van der Waals surface area (Å²) >= 11 is 0. The quantitative estimate of drug-likeness (QED) is 0.689. The van der Waals surface area contributed by atoms with E-state index in [1.54, 1.807) is 0 Å². The van der Waals surface area contributed by atoms with Crippen LogP contribution in [-0.2, 0) is 0 Å². The van der Waals surface area contributed by atoms with Crippen LogP contribution in [0.4, 0.5) is 0 Å². The van der Waals surface area contributed by atoms with Gasteiger partial charge in [-0.2, -0.15) is 0 Å². The highest BCUT2D eigenvalue weighted by molar-refractivity contribution is 4.78. The van der Waals surface area contributed by atoms with E-state index in [2.05, 4.69) is 26.1 Å². The molecule has 1 saturated carbocycles. The van der Waals surface area contributed by atoms with Gasteiger partial charge in [-0.3, -0.25) is 0 Å². The summed E-state index contributed by atoms with van der Waals surface area (Å²) in [5, 5.41) is 12.9. The standard InChI is InChI=1S/C11H23NO/c1-11(2,3)8-12-9-4-6-10(13)7-5-9/h9-10,12-13H,4-8H2,1-3H3/t9-,10-. The summed E-state index contributed by atoms with van der Waals surface area (Å²) in [6, 6.07) is 0.641. The van der Waals surface area contributed by atoms with Crippen LogP contribution in [0.3, 0.4) is 0 Å². The number of hydrogen-bond donors (Lipinski definition) is 2. The van der Waals surface area contributed by atoms with E-state index in [0.717, 1.165) is 32.2 Å². The van der Waals surface area contributed by atoms with E-state index in [-0.39, 0.29) is 6.10 Å². The fourth-order valence-corrected chi connectivity index (χ4v) is 1.73. The molecule has 0 bridgehead atoms. The predicted octanol–water partition coefficient (Wildman–Crippen LogP) is 1.93. The fourth-order valence-electron chi connectivity index (χ4n) is 1.73. The van der Waals surface area contributed by atoms with Crippen LogP contribution in [0.15, 0.2) is 0 Å². The molecule has 1 aliphatic carbocycles. The number of nitrogens with one attached hydrogen (secondary N) is 1. The zero-order valence-corrected chi connectivity index (χ0v) is 9.14. The fraction of sp³-hybridized carbons (Fsp3) is 1.00. The van der Waals surface area contributed by atoms with Gasteiger partial charge in [-0.05, 0) is 31.1 Å². The normalized spacial score (nSPS) is 30.5. The third-order valence-corrected chi connectivity index (χ3v) is 2.62. The molecule has 78 valence electrons. The van der Waals surface area contributed by atoms with E-state index in [9.17, 15) is 5.11 Å². The van der Waals surface area contributed by atoms with Crippen LogP contribution >= 0.6 is 0 Å². The second-order valence-corrected chi connectivity index (χ2v) is 5.45. The van der Waals surface area contributed by atoms with Gasteiger partial charge in [-0.1, -0.05) is 20.8 Å². The highest BCUT2D eigenvalue weighted by Crippen LogP contribution is 2.19. The maximum Gasteiger partial charge on any atom is 0.0541 e. The van der Waals surface area contributed by atoms with Gasteiger partial charge < -0.3 is 10.4 Å². The van der Waals surface area contributed by atoms with E-state index in [1.807, 2.05) is 0 Å². The average molecular weight is 185 g/mol. The molecule has 2 N–H and O–H groups in total. The van der Waals surface area contributed by atoms with Crippen LogP contribution in [0.5, 0.6) is 0 Å². The minimum Gasteiger partial charge on any atom is -0.393 e. The van der Waals surface area contributed by atoms with Crippen LogP contribution in [0.1, 0.15) is 46.5 Å². The summed E-state index contributed by atoms with van der Waals surface area (Å²) in [5.74, 6) is 0. The van der Waals surface area contributed by atoms with Crippen molar-refractivity contribution in [2.45, 2.75) is 58.6 Å². The minimum absolute atomic E-state index is 0.0345. The average Bonchev–Trinajstić information content (AvgIpc) is 2.02. The van der Waals surface area contributed by atoms with E-state index in [4.69, 9.17) is 0 Å². The van der Waals surface area contributed by atoms with Crippen molar-refractivity contribution in [3.05, 3.63) is 0 Å². The second kappa shape index (κ2) is 4.43. The monoisotopic (exact) mass is 185 g/mol. The Hall–Kier alpha value is -0.0800. The van der Waals surface area contributed by atoms with Crippen molar-refractivity contribution in [1.29, 1.82) is 0 Å². The van der Waals surface area contributed by atoms with Gasteiger partial charge in [0.2, 0.25) is 0 Å². The first-order chi connectivity index (χ1) is 5.97. The number of rotatable bonds is 2. The highest BCUT2D eigenvalue weighted by atomic mass is 16.3. The molecule has 0 unspecified atom stereocenters. The largest absolute Gasteiger partial charge is 0.393 e. The Labute approximate surface area is 81.7 Å². The Morgan fingerprint density at radius 2 is 1.69 bits per heavy atom. The lowest BCUT2D eigenvalue weighted by Crippen LogP contribution is -2.39. The van der Waals surface area contributed by atoms with Crippen molar-refractivity contribution < 1.29 is 5.11 Å². The van der Waals surface area contributed by atoms with Crippen molar-refractivity contribution in [2.75, 3.05) is 6.54 Å². The van der Waals surface area contributed by atoms with Crippen molar-refractivity contribution in [3.63, 3.8) is 0 Å². The lowest BCUT2D eigenvalue weighted by molar-refractivity contribution is 0.114. The van der Waals surface area contributed by atoms with Gasteiger partial charge in [0, 0.05) is 12.6 Å². The first-order valence-corrected chi connectivity index (χ1v) is 5.39. The molecule has 2 heteroatoms. The Kier molecular flexibility index (Phi) is 3.74. The molecule has 1 rings (SSSR count). The van der Waals surface area contributed by atoms with Crippen molar-refractivity contribution in [3.8, 4) is 0 Å². The molecule has 0 radical (unpaired) electrons. The van der Waals surface area contributed by atoms with Crippen LogP contribution in [0, 0.1) is 5.41 Å². The SMILES string of the molecule is CC(C)(C)CN[C@H]1CC[C@H](O)CC1. The summed E-state index contributed by atoms with van der Waals surface area (Å²) in [4.78, 5) is 0. The van der Waals surface area contributed by atoms with E-state index in [0.29, 0.717) is 11.5 Å². The van der Waals surface area contributed by atoms with Gasteiger partial charge in [0.25, 0.3) is 0 Å². The molecule has 1 fully saturated rings. The van der Waals surface area contributed by atoms with Crippen LogP contribution in [-0.4, -0.2) is 23.8 Å². The van der Waals surface area contributed by atoms with Gasteiger partial charge in [-0.25, -0.2) is 0 Å². The molecule has 0 aromatic carbocycles. The molecular weight excluding hydrogens is 162 g/mol. The Balaban J connectivity index is 2.16. The molecule has 0 aromatic rings. The molecule has 0 aromatic heterocycles. The minimum atomic E-state index is -0.0345. The lowest BCUT2D eigenvalue weighted by Gasteiger charge is -2.29. The van der Waals surface area contributed by atoms with Crippen molar-refractivity contribution >= 4 is 0 Å². The molecular formula is C11H23NO. The molecule has 0 saturated heterocycles. The first-order valence-electron chi connectivity index (χ1n) is 5.39. The second-order valence-electron chi connectivity index (χ2n) is 5.45. The third-order valence-electron chi connectivity index (χ3n) is 2.62.